The Labute approximate surface area is 172 Å². The number of ether oxygens (including phenoxy) is 2. The van der Waals surface area contributed by atoms with Crippen molar-refractivity contribution >= 4 is 27.8 Å². The number of nitrogens with zero attached hydrogens (tertiary/aromatic N) is 2. The first-order valence-electron chi connectivity index (χ1n) is 9.46. The lowest BCUT2D eigenvalue weighted by Crippen LogP contribution is -2.20. The summed E-state index contributed by atoms with van der Waals surface area (Å²) >= 11 is 0. The third-order valence-corrected chi connectivity index (χ3v) is 4.76. The third-order valence-electron chi connectivity index (χ3n) is 4.76. The van der Waals surface area contributed by atoms with Crippen LogP contribution in [0.15, 0.2) is 77.6 Å². The van der Waals surface area contributed by atoms with Crippen molar-refractivity contribution in [1.29, 1.82) is 5.26 Å². The van der Waals surface area contributed by atoms with Crippen molar-refractivity contribution in [3.05, 3.63) is 88.6 Å². The summed E-state index contributed by atoms with van der Waals surface area (Å²) in [6.45, 7) is 0.274. The largest absolute Gasteiger partial charge is 0.490 e. The van der Waals surface area contributed by atoms with Gasteiger partial charge in [-0.05, 0) is 48.5 Å². The molecular formula is C24H18N2O4. The molecule has 148 valence electrons. The Morgan fingerprint density at radius 3 is 2.07 bits per heavy atom. The van der Waals surface area contributed by atoms with Crippen LogP contribution >= 0.6 is 0 Å². The highest BCUT2D eigenvalue weighted by Crippen LogP contribution is 2.19. The molecule has 0 N–H and O–H groups in total. The van der Waals surface area contributed by atoms with E-state index in [9.17, 15) is 9.59 Å². The van der Waals surface area contributed by atoms with Gasteiger partial charge in [0.25, 0.3) is 0 Å². The van der Waals surface area contributed by atoms with Crippen molar-refractivity contribution in [1.82, 2.24) is 4.57 Å². The Hall–Kier alpha value is -4.11. The second-order valence-corrected chi connectivity index (χ2v) is 6.65. The van der Waals surface area contributed by atoms with E-state index in [1.165, 1.54) is 0 Å². The van der Waals surface area contributed by atoms with E-state index in [0.717, 1.165) is 0 Å². The van der Waals surface area contributed by atoms with E-state index in [2.05, 4.69) is 0 Å². The Morgan fingerprint density at radius 2 is 1.47 bits per heavy atom. The van der Waals surface area contributed by atoms with Crippen LogP contribution in [0.1, 0.15) is 5.56 Å². The highest BCUT2D eigenvalue weighted by atomic mass is 16.6. The Bertz CT molecular complexity index is 1260. The van der Waals surface area contributed by atoms with Crippen molar-refractivity contribution in [3.8, 4) is 11.8 Å². The highest BCUT2D eigenvalue weighted by molar-refractivity contribution is 5.94. The van der Waals surface area contributed by atoms with Gasteiger partial charge in [-0.2, -0.15) is 5.26 Å². The van der Waals surface area contributed by atoms with Crippen LogP contribution in [0.3, 0.4) is 0 Å². The number of hydrogen-bond donors (Lipinski definition) is 0. The van der Waals surface area contributed by atoms with Crippen LogP contribution in [0.2, 0.25) is 0 Å². The van der Waals surface area contributed by atoms with Gasteiger partial charge in [-0.3, -0.25) is 9.59 Å². The van der Waals surface area contributed by atoms with Gasteiger partial charge in [0.1, 0.15) is 25.5 Å². The molecule has 0 fully saturated rings. The molecule has 6 heteroatoms. The van der Waals surface area contributed by atoms with E-state index in [-0.39, 0.29) is 25.2 Å². The topological polar surface area (TPSA) is 81.3 Å². The number of nitriles is 1. The Balaban J connectivity index is 1.47. The zero-order valence-electron chi connectivity index (χ0n) is 16.1. The number of benzene rings is 3. The summed E-state index contributed by atoms with van der Waals surface area (Å²) in [5.74, 6) is 0.180. The molecule has 0 unspecified atom stereocenters. The molecule has 0 aliphatic rings. The summed E-state index contributed by atoms with van der Waals surface area (Å²) in [5.41, 5.74) is 1.87. The second-order valence-electron chi connectivity index (χ2n) is 6.65. The summed E-state index contributed by atoms with van der Waals surface area (Å²) in [4.78, 5) is 25.2. The van der Waals surface area contributed by atoms with E-state index >= 15 is 0 Å². The van der Waals surface area contributed by atoms with Crippen LogP contribution in [0.25, 0.3) is 21.8 Å². The molecule has 0 amide bonds. The fraction of sp³-hybridized carbons (Fsp3) is 0.125. The monoisotopic (exact) mass is 398 g/mol. The maximum atomic E-state index is 12.7. The quantitative estimate of drug-likeness (QED) is 0.281. The number of esters is 1. The number of pyridine rings is 1. The molecule has 0 atom stereocenters. The van der Waals surface area contributed by atoms with E-state index < -0.39 is 5.97 Å². The zero-order chi connectivity index (χ0) is 20.9. The van der Waals surface area contributed by atoms with Gasteiger partial charge in [0.2, 0.25) is 0 Å². The smallest absolute Gasteiger partial charge is 0.326 e. The normalized spacial score (nSPS) is 10.6. The average Bonchev–Trinajstić information content (AvgIpc) is 2.80. The molecule has 1 heterocycles. The zero-order valence-corrected chi connectivity index (χ0v) is 16.1. The van der Waals surface area contributed by atoms with Crippen molar-refractivity contribution in [3.63, 3.8) is 0 Å². The fourth-order valence-electron chi connectivity index (χ4n) is 3.36. The first-order chi connectivity index (χ1) is 14.7. The van der Waals surface area contributed by atoms with E-state index in [0.29, 0.717) is 33.1 Å². The van der Waals surface area contributed by atoms with Gasteiger partial charge in [-0.25, -0.2) is 0 Å². The summed E-state index contributed by atoms with van der Waals surface area (Å²) in [6.07, 6.45) is 0. The van der Waals surface area contributed by atoms with E-state index in [4.69, 9.17) is 14.7 Å². The molecule has 0 radical (unpaired) electrons. The number of hydrogen-bond acceptors (Lipinski definition) is 5. The van der Waals surface area contributed by atoms with Crippen molar-refractivity contribution in [2.45, 2.75) is 6.54 Å². The molecule has 0 bridgehead atoms. The SMILES string of the molecule is N#Cc1ccc(OCCOC(=O)Cn2c3ccccc3c(=O)c3ccccc32)cc1. The fourth-order valence-corrected chi connectivity index (χ4v) is 3.36. The Kier molecular flexibility index (Phi) is 5.44. The molecule has 0 saturated heterocycles. The summed E-state index contributed by atoms with van der Waals surface area (Å²) in [5, 5.41) is 9.93. The van der Waals surface area contributed by atoms with Crippen LogP contribution in [0, 0.1) is 11.3 Å². The lowest BCUT2D eigenvalue weighted by molar-refractivity contribution is -0.144. The van der Waals surface area contributed by atoms with Crippen molar-refractivity contribution in [2.24, 2.45) is 0 Å². The van der Waals surface area contributed by atoms with Crippen molar-refractivity contribution in [2.75, 3.05) is 13.2 Å². The van der Waals surface area contributed by atoms with Gasteiger partial charge in [0.15, 0.2) is 5.43 Å². The third kappa shape index (κ3) is 3.87. The maximum Gasteiger partial charge on any atom is 0.326 e. The first kappa shape index (κ1) is 19.2. The van der Waals surface area contributed by atoms with E-state index in [1.54, 1.807) is 41.0 Å². The number of rotatable bonds is 6. The van der Waals surface area contributed by atoms with Gasteiger partial charge in [-0.1, -0.05) is 24.3 Å². The van der Waals surface area contributed by atoms with Crippen molar-refractivity contribution < 1.29 is 14.3 Å². The molecule has 4 aromatic rings. The lowest BCUT2D eigenvalue weighted by Gasteiger charge is -2.14. The number of carbonyl (C=O) groups is 1. The summed E-state index contributed by atoms with van der Waals surface area (Å²) in [6, 6.07) is 23.2. The van der Waals surface area contributed by atoms with Gasteiger partial charge < -0.3 is 14.0 Å². The Morgan fingerprint density at radius 1 is 0.867 bits per heavy atom. The summed E-state index contributed by atoms with van der Waals surface area (Å²) in [7, 11) is 0. The number of aromatic nitrogens is 1. The van der Waals surface area contributed by atoms with Crippen LogP contribution < -0.4 is 10.2 Å². The number of para-hydroxylation sites is 2. The highest BCUT2D eigenvalue weighted by Gasteiger charge is 2.13. The average molecular weight is 398 g/mol. The molecule has 0 spiro atoms. The van der Waals surface area contributed by atoms with Gasteiger partial charge in [-0.15, -0.1) is 0 Å². The standard InChI is InChI=1S/C24H18N2O4/c25-15-17-9-11-18(12-10-17)29-13-14-30-23(27)16-26-21-7-3-1-5-19(21)24(28)20-6-2-4-8-22(20)26/h1-12H,13-14,16H2. The van der Waals surface area contributed by atoms with Gasteiger partial charge in [0, 0.05) is 10.8 Å². The predicted molar refractivity (Wildman–Crippen MR) is 113 cm³/mol. The number of fused-ring (bicyclic) bond motifs is 2. The summed E-state index contributed by atoms with van der Waals surface area (Å²) < 4.78 is 12.7. The molecular weight excluding hydrogens is 380 g/mol. The molecule has 30 heavy (non-hydrogen) atoms. The van der Waals surface area contributed by atoms with Crippen LogP contribution in [-0.4, -0.2) is 23.8 Å². The van der Waals surface area contributed by atoms with Gasteiger partial charge >= 0.3 is 5.97 Å². The molecule has 0 aliphatic heterocycles. The minimum absolute atomic E-state index is 0.0157. The minimum Gasteiger partial charge on any atom is -0.490 e. The first-order valence-corrected chi connectivity index (χ1v) is 9.46. The minimum atomic E-state index is -0.419. The number of carbonyl (C=O) groups excluding carboxylic acids is 1. The maximum absolute atomic E-state index is 12.7. The van der Waals surface area contributed by atoms with Crippen LogP contribution in [0.4, 0.5) is 0 Å². The molecule has 0 saturated carbocycles. The predicted octanol–water partition coefficient (Wildman–Crippen LogP) is 3.65. The van der Waals surface area contributed by atoms with Crippen LogP contribution in [0.5, 0.6) is 5.75 Å². The second kappa shape index (κ2) is 8.50. The molecule has 1 aromatic heterocycles. The molecule has 3 aromatic carbocycles. The molecule has 4 rings (SSSR count). The molecule has 6 nitrogen and oxygen atoms in total. The van der Waals surface area contributed by atoms with Gasteiger partial charge in [0.05, 0.1) is 22.7 Å². The molecule has 0 aliphatic carbocycles. The lowest BCUT2D eigenvalue weighted by atomic mass is 10.1. The van der Waals surface area contributed by atoms with E-state index in [1.807, 2.05) is 42.5 Å². The van der Waals surface area contributed by atoms with Crippen LogP contribution in [-0.2, 0) is 16.1 Å².